The molecule has 4 atom stereocenters. The molecule has 0 fully saturated rings. The SMILES string of the molecule is CC(C)C[C@@H](C(=O)O)N(C(=O)CNC(=O)[C@@H](CCCN=C(N)N)NC(=O)[C@@H](N)Cc1ccc(O)cc1)C(=O)[C@@](F)(N(F)F)C(F)(F)c1ccccc1. The molecule has 286 valence electrons. The van der Waals surface area contributed by atoms with Crippen LogP contribution in [0.15, 0.2) is 59.6 Å². The van der Waals surface area contributed by atoms with Crippen LogP contribution in [0.2, 0.25) is 0 Å². The molecule has 4 amide bonds. The molecule has 52 heavy (non-hydrogen) atoms. The predicted molar refractivity (Wildman–Crippen MR) is 176 cm³/mol. The van der Waals surface area contributed by atoms with Crippen molar-refractivity contribution >= 4 is 35.6 Å². The quantitative estimate of drug-likeness (QED) is 0.0270. The topological polar surface area (TPSA) is 247 Å². The number of phenolic OH excluding ortho intramolecular Hbond substituents is 1. The summed E-state index contributed by atoms with van der Waals surface area (Å²) in [5, 5.41) is 21.0. The van der Waals surface area contributed by atoms with Crippen LogP contribution in [0.1, 0.15) is 44.2 Å². The summed E-state index contributed by atoms with van der Waals surface area (Å²) >= 11 is 0. The van der Waals surface area contributed by atoms with Gasteiger partial charge in [0, 0.05) is 12.1 Å². The number of carboxylic acid groups (broad SMARTS) is 1. The standard InChI is InChI=1S/C32H41F5N8O7/c1-18(2)15-24(28(50)51)44(29(52)32(35,45(36)37)31(33,34)20-7-4-3-5-8-20)25(47)17-42-27(49)23(9-6-14-41-30(39)40)43-26(48)22(38)16-19-10-12-21(46)13-11-19/h3-5,7-8,10-13,18,22-24,46H,6,9,14-17,38H2,1-2H3,(H,42,49)(H,43,48)(H,50,51)(H4,39,40,41)/t22-,23+,24-,32+/m0/s1. The summed E-state index contributed by atoms with van der Waals surface area (Å²) in [6.07, 6.45) is -0.874. The van der Waals surface area contributed by atoms with E-state index in [1.807, 2.05) is 5.32 Å². The fraction of sp³-hybridized carbons (Fsp3) is 0.438. The first-order valence-electron chi connectivity index (χ1n) is 15.7. The Morgan fingerprint density at radius 1 is 0.942 bits per heavy atom. The highest BCUT2D eigenvalue weighted by Gasteiger charge is 2.70. The number of phenols is 1. The number of halogens is 5. The third-order valence-electron chi connectivity index (χ3n) is 7.57. The molecular weight excluding hydrogens is 703 g/mol. The summed E-state index contributed by atoms with van der Waals surface area (Å²) in [6.45, 7) is 1.36. The molecule has 0 aromatic heterocycles. The van der Waals surface area contributed by atoms with E-state index in [9.17, 15) is 43.1 Å². The largest absolute Gasteiger partial charge is 0.508 e. The van der Waals surface area contributed by atoms with E-state index < -0.39 is 94.1 Å². The molecule has 2 aromatic rings. The van der Waals surface area contributed by atoms with Crippen LogP contribution in [0.4, 0.5) is 22.1 Å². The van der Waals surface area contributed by atoms with Gasteiger partial charge in [0.15, 0.2) is 5.96 Å². The number of alkyl halides is 3. The Morgan fingerprint density at radius 2 is 1.54 bits per heavy atom. The fourth-order valence-corrected chi connectivity index (χ4v) is 4.90. The highest BCUT2D eigenvalue weighted by Crippen LogP contribution is 2.46. The smallest absolute Gasteiger partial charge is 0.365 e. The van der Waals surface area contributed by atoms with Gasteiger partial charge in [0.05, 0.1) is 17.9 Å². The lowest BCUT2D eigenvalue weighted by atomic mass is 9.95. The van der Waals surface area contributed by atoms with E-state index in [0.717, 1.165) is 12.1 Å². The molecule has 0 spiro atoms. The first kappa shape index (κ1) is 42.8. The van der Waals surface area contributed by atoms with Gasteiger partial charge in [-0.3, -0.25) is 29.1 Å². The molecule has 0 saturated heterocycles. The number of carbonyl (C=O) groups excluding carboxylic acids is 4. The Balaban J connectivity index is 2.43. The van der Waals surface area contributed by atoms with Gasteiger partial charge in [-0.25, -0.2) is 9.18 Å². The summed E-state index contributed by atoms with van der Waals surface area (Å²) < 4.78 is 75.2. The van der Waals surface area contributed by atoms with Gasteiger partial charge in [-0.05, 0) is 49.3 Å². The number of guanidine groups is 1. The number of nitrogens with two attached hydrogens (primary N) is 3. The van der Waals surface area contributed by atoms with Gasteiger partial charge in [-0.2, -0.15) is 8.78 Å². The minimum atomic E-state index is -5.60. The van der Waals surface area contributed by atoms with Crippen LogP contribution in [-0.4, -0.2) is 93.0 Å². The zero-order chi connectivity index (χ0) is 39.4. The van der Waals surface area contributed by atoms with Crippen molar-refractivity contribution in [3.63, 3.8) is 0 Å². The number of rotatable bonds is 19. The van der Waals surface area contributed by atoms with Crippen LogP contribution in [0.25, 0.3) is 0 Å². The second kappa shape index (κ2) is 18.7. The van der Waals surface area contributed by atoms with Gasteiger partial charge in [-0.15, -0.1) is 0 Å². The molecule has 2 aromatic carbocycles. The molecule has 15 nitrogen and oxygen atoms in total. The Morgan fingerprint density at radius 3 is 2.06 bits per heavy atom. The maximum absolute atomic E-state index is 16.0. The lowest BCUT2D eigenvalue weighted by Gasteiger charge is -2.37. The number of aliphatic carboxylic acids is 1. The van der Waals surface area contributed by atoms with Gasteiger partial charge >= 0.3 is 17.7 Å². The molecule has 20 heteroatoms. The third-order valence-corrected chi connectivity index (χ3v) is 7.57. The minimum Gasteiger partial charge on any atom is -0.508 e. The maximum atomic E-state index is 16.0. The maximum Gasteiger partial charge on any atom is 0.365 e. The molecule has 10 N–H and O–H groups in total. The van der Waals surface area contributed by atoms with Gasteiger partial charge in [0.1, 0.15) is 17.8 Å². The molecular formula is C32H41F5N8O7. The van der Waals surface area contributed by atoms with Gasteiger partial charge in [-0.1, -0.05) is 65.3 Å². The van der Waals surface area contributed by atoms with Crippen molar-refractivity contribution in [3.05, 3.63) is 65.7 Å². The number of aliphatic imine (C=N–C) groups is 1. The number of benzene rings is 2. The molecule has 0 saturated carbocycles. The summed E-state index contributed by atoms with van der Waals surface area (Å²) in [5.74, 6) is -20.8. The summed E-state index contributed by atoms with van der Waals surface area (Å²) in [4.78, 5) is 68.5. The van der Waals surface area contributed by atoms with Crippen molar-refractivity contribution < 1.29 is 56.3 Å². The number of carboxylic acids is 1. The average molecular weight is 745 g/mol. The normalized spacial score (nSPS) is 14.4. The minimum absolute atomic E-state index is 0.0323. The van der Waals surface area contributed by atoms with Crippen molar-refractivity contribution in [1.29, 1.82) is 0 Å². The first-order valence-corrected chi connectivity index (χ1v) is 15.7. The van der Waals surface area contributed by atoms with E-state index in [1.54, 1.807) is 0 Å². The number of aromatic hydroxyl groups is 1. The number of nitrogens with zero attached hydrogens (tertiary/aromatic N) is 3. The van der Waals surface area contributed by atoms with Crippen molar-refractivity contribution in [2.45, 2.75) is 69.4 Å². The lowest BCUT2D eigenvalue weighted by Crippen LogP contribution is -2.65. The summed E-state index contributed by atoms with van der Waals surface area (Å²) in [7, 11) is 0. The first-order chi connectivity index (χ1) is 24.2. The van der Waals surface area contributed by atoms with Crippen molar-refractivity contribution in [3.8, 4) is 5.75 Å². The number of nitrogens with one attached hydrogen (secondary N) is 2. The average Bonchev–Trinajstić information content (AvgIpc) is 3.08. The Bertz CT molecular complexity index is 1580. The van der Waals surface area contributed by atoms with Gasteiger partial charge < -0.3 is 38.0 Å². The summed E-state index contributed by atoms with van der Waals surface area (Å²) in [6, 6.07) is 4.70. The van der Waals surface area contributed by atoms with E-state index in [4.69, 9.17) is 17.2 Å². The van der Waals surface area contributed by atoms with E-state index in [1.165, 1.54) is 44.2 Å². The monoisotopic (exact) mass is 744 g/mol. The van der Waals surface area contributed by atoms with Crippen LogP contribution < -0.4 is 27.8 Å². The number of hydrogen-bond donors (Lipinski definition) is 7. The number of hydrogen-bond acceptors (Lipinski definition) is 9. The highest BCUT2D eigenvalue weighted by molar-refractivity contribution is 6.04. The molecule has 0 radical (unpaired) electrons. The molecule has 0 heterocycles. The van der Waals surface area contributed by atoms with Crippen molar-refractivity contribution in [2.75, 3.05) is 13.1 Å². The number of imide groups is 1. The van der Waals surface area contributed by atoms with E-state index >= 15 is 13.2 Å². The predicted octanol–water partition coefficient (Wildman–Crippen LogP) is 1.30. The molecule has 0 aliphatic rings. The second-order valence-corrected chi connectivity index (χ2v) is 12.1. The molecule has 0 unspecified atom stereocenters. The van der Waals surface area contributed by atoms with Crippen LogP contribution in [0.3, 0.4) is 0 Å². The highest BCUT2D eigenvalue weighted by atomic mass is 19.4. The van der Waals surface area contributed by atoms with E-state index in [2.05, 4.69) is 10.3 Å². The summed E-state index contributed by atoms with van der Waals surface area (Å²) in [5.41, 5.74) is 15.7. The van der Waals surface area contributed by atoms with E-state index in [-0.39, 0.29) is 37.5 Å². The van der Waals surface area contributed by atoms with Crippen molar-refractivity contribution in [1.82, 2.24) is 20.9 Å². The zero-order valence-corrected chi connectivity index (χ0v) is 28.1. The second-order valence-electron chi connectivity index (χ2n) is 12.1. The zero-order valence-electron chi connectivity index (χ0n) is 28.1. The molecule has 2 rings (SSSR count). The third kappa shape index (κ3) is 11.1. The Kier molecular flexibility index (Phi) is 15.4. The Labute approximate surface area is 294 Å². The van der Waals surface area contributed by atoms with Gasteiger partial charge in [0.2, 0.25) is 17.7 Å². The van der Waals surface area contributed by atoms with Crippen LogP contribution in [0, 0.1) is 5.92 Å². The van der Waals surface area contributed by atoms with Crippen LogP contribution >= 0.6 is 0 Å². The molecule has 0 aliphatic heterocycles. The van der Waals surface area contributed by atoms with Gasteiger partial charge in [0.25, 0.3) is 5.91 Å². The Hall–Kier alpha value is -5.37. The van der Waals surface area contributed by atoms with Crippen LogP contribution in [0.5, 0.6) is 5.75 Å². The number of carbonyl (C=O) groups is 5. The van der Waals surface area contributed by atoms with E-state index in [0.29, 0.717) is 17.7 Å². The number of amides is 4. The molecule has 0 aliphatic carbocycles. The van der Waals surface area contributed by atoms with Crippen molar-refractivity contribution in [2.24, 2.45) is 28.1 Å². The lowest BCUT2D eigenvalue weighted by molar-refractivity contribution is -0.337. The van der Waals surface area contributed by atoms with Crippen LogP contribution in [-0.2, 0) is 36.3 Å². The fourth-order valence-electron chi connectivity index (χ4n) is 4.90. The molecule has 0 bridgehead atoms.